The molecule has 0 aliphatic carbocycles. The van der Waals surface area contributed by atoms with Crippen LogP contribution in [-0.4, -0.2) is 17.0 Å². The third-order valence-corrected chi connectivity index (χ3v) is 0.514. The molecular formula is C8H9NO3. The number of hydrogen-bond donors (Lipinski definition) is 2. The number of primary amides is 1. The summed E-state index contributed by atoms with van der Waals surface area (Å²) < 4.78 is 0. The van der Waals surface area contributed by atoms with Gasteiger partial charge in [0.2, 0.25) is 0 Å². The van der Waals surface area contributed by atoms with E-state index in [0.717, 1.165) is 0 Å². The molecule has 0 bridgehead atoms. The van der Waals surface area contributed by atoms with E-state index in [0.29, 0.717) is 6.42 Å². The molecule has 1 amide bonds. The summed E-state index contributed by atoms with van der Waals surface area (Å²) in [4.78, 5) is 18.9. The van der Waals surface area contributed by atoms with Gasteiger partial charge < -0.3 is 10.8 Å². The van der Waals surface area contributed by atoms with Crippen LogP contribution in [0, 0.1) is 24.2 Å². The lowest BCUT2D eigenvalue weighted by atomic mass is 10.5. The van der Waals surface area contributed by atoms with Gasteiger partial charge in [0.05, 0.1) is 0 Å². The van der Waals surface area contributed by atoms with Crippen LogP contribution in [0.3, 0.4) is 0 Å². The van der Waals surface area contributed by atoms with Crippen LogP contribution in [0.4, 0.5) is 0 Å². The van der Waals surface area contributed by atoms with Gasteiger partial charge in [-0.25, -0.2) is 4.79 Å². The molecule has 0 fully saturated rings. The van der Waals surface area contributed by atoms with E-state index in [2.05, 4.69) is 18.1 Å². The molecule has 0 aliphatic heterocycles. The van der Waals surface area contributed by atoms with E-state index in [9.17, 15) is 9.59 Å². The van der Waals surface area contributed by atoms with E-state index in [1.54, 1.807) is 12.8 Å². The van der Waals surface area contributed by atoms with Gasteiger partial charge in [0, 0.05) is 12.3 Å². The van der Waals surface area contributed by atoms with Crippen LogP contribution in [0.5, 0.6) is 0 Å². The maximum atomic E-state index is 9.58. The SMILES string of the molecule is C#CC(N)=O.CCC#CC(=O)O. The number of carbonyl (C=O) groups is 2. The molecule has 0 radical (unpaired) electrons. The van der Waals surface area contributed by atoms with Gasteiger partial charge in [-0.05, 0) is 5.92 Å². The largest absolute Gasteiger partial charge is 0.472 e. The van der Waals surface area contributed by atoms with Gasteiger partial charge in [-0.2, -0.15) is 0 Å². The van der Waals surface area contributed by atoms with Gasteiger partial charge >= 0.3 is 5.97 Å². The van der Waals surface area contributed by atoms with Crippen LogP contribution in [0.2, 0.25) is 0 Å². The molecule has 4 heteroatoms. The van der Waals surface area contributed by atoms with Crippen molar-refractivity contribution in [2.75, 3.05) is 0 Å². The quantitative estimate of drug-likeness (QED) is 0.481. The van der Waals surface area contributed by atoms with Crippen LogP contribution >= 0.6 is 0 Å². The van der Waals surface area contributed by atoms with E-state index in [1.807, 2.05) is 5.92 Å². The minimum Gasteiger partial charge on any atom is -0.472 e. The summed E-state index contributed by atoms with van der Waals surface area (Å²) in [5.41, 5.74) is 4.42. The van der Waals surface area contributed by atoms with Crippen LogP contribution in [0.1, 0.15) is 13.3 Å². The molecule has 64 valence electrons. The van der Waals surface area contributed by atoms with Gasteiger partial charge in [-0.3, -0.25) is 4.79 Å². The van der Waals surface area contributed by atoms with Crippen LogP contribution < -0.4 is 5.73 Å². The molecule has 0 spiro atoms. The third kappa shape index (κ3) is 24.4. The number of carbonyl (C=O) groups excluding carboxylic acids is 1. The number of carboxylic acid groups (broad SMARTS) is 1. The fourth-order valence-electron chi connectivity index (χ4n) is 0.164. The molecule has 0 aliphatic rings. The summed E-state index contributed by atoms with van der Waals surface area (Å²) in [6, 6.07) is 0. The highest BCUT2D eigenvalue weighted by molar-refractivity contribution is 5.91. The molecule has 0 aromatic carbocycles. The highest BCUT2D eigenvalue weighted by Gasteiger charge is 1.78. The standard InChI is InChI=1S/C5H6O2.C3H3NO/c1-2-3-4-5(6)7;1-2-3(4)5/h2H2,1H3,(H,6,7);1H,(H2,4,5). The molecule has 0 saturated carbocycles. The van der Waals surface area contributed by atoms with E-state index in [-0.39, 0.29) is 0 Å². The van der Waals surface area contributed by atoms with E-state index >= 15 is 0 Å². The Bertz CT molecular complexity index is 252. The topological polar surface area (TPSA) is 80.4 Å². The summed E-state index contributed by atoms with van der Waals surface area (Å²) in [7, 11) is 0. The zero-order chi connectivity index (χ0) is 9.98. The average Bonchev–Trinajstić information content (AvgIpc) is 2.02. The van der Waals surface area contributed by atoms with E-state index in [4.69, 9.17) is 5.11 Å². The zero-order valence-corrected chi connectivity index (χ0v) is 6.63. The van der Waals surface area contributed by atoms with Crippen molar-refractivity contribution in [1.82, 2.24) is 0 Å². The Labute approximate surface area is 70.8 Å². The van der Waals surface area contributed by atoms with Gasteiger partial charge in [0.15, 0.2) is 0 Å². The molecule has 0 atom stereocenters. The first-order valence-electron chi connectivity index (χ1n) is 3.02. The minimum atomic E-state index is -1.05. The summed E-state index contributed by atoms with van der Waals surface area (Å²) in [5.74, 6) is 4.26. The van der Waals surface area contributed by atoms with Gasteiger partial charge in [0.25, 0.3) is 5.91 Å². The predicted octanol–water partition coefficient (Wildman–Crippen LogP) is -0.411. The second-order valence-electron chi connectivity index (χ2n) is 1.47. The van der Waals surface area contributed by atoms with Crippen LogP contribution in [0.25, 0.3) is 0 Å². The summed E-state index contributed by atoms with van der Waals surface area (Å²) in [6.07, 6.45) is 5.05. The predicted molar refractivity (Wildman–Crippen MR) is 43.7 cm³/mol. The maximum absolute atomic E-state index is 9.58. The Morgan fingerprint density at radius 3 is 2.08 bits per heavy atom. The first-order chi connectivity index (χ1) is 5.54. The van der Waals surface area contributed by atoms with Gasteiger partial charge in [-0.1, -0.05) is 12.8 Å². The smallest absolute Gasteiger partial charge is 0.381 e. The molecule has 0 aromatic rings. The van der Waals surface area contributed by atoms with Crippen molar-refractivity contribution < 1.29 is 14.7 Å². The average molecular weight is 167 g/mol. The second-order valence-corrected chi connectivity index (χ2v) is 1.47. The Morgan fingerprint density at radius 1 is 1.58 bits per heavy atom. The van der Waals surface area contributed by atoms with Crippen molar-refractivity contribution in [3.05, 3.63) is 0 Å². The second kappa shape index (κ2) is 9.06. The number of aliphatic carboxylic acids is 1. The van der Waals surface area contributed by atoms with Crippen molar-refractivity contribution >= 4 is 11.9 Å². The van der Waals surface area contributed by atoms with Crippen molar-refractivity contribution in [1.29, 1.82) is 0 Å². The Kier molecular flexibility index (Phi) is 9.60. The van der Waals surface area contributed by atoms with E-state index < -0.39 is 11.9 Å². The molecule has 0 heterocycles. The Balaban J connectivity index is 0. The van der Waals surface area contributed by atoms with Crippen LogP contribution in [-0.2, 0) is 9.59 Å². The summed E-state index contributed by atoms with van der Waals surface area (Å²) >= 11 is 0. The molecule has 0 aromatic heterocycles. The number of hydrogen-bond acceptors (Lipinski definition) is 2. The fraction of sp³-hybridized carbons (Fsp3) is 0.250. The fourth-order valence-corrected chi connectivity index (χ4v) is 0.164. The van der Waals surface area contributed by atoms with Crippen molar-refractivity contribution in [3.8, 4) is 24.2 Å². The lowest BCUT2D eigenvalue weighted by Crippen LogP contribution is -2.05. The molecule has 3 N–H and O–H groups in total. The van der Waals surface area contributed by atoms with Crippen molar-refractivity contribution in [2.24, 2.45) is 5.73 Å². The monoisotopic (exact) mass is 167 g/mol. The highest BCUT2D eigenvalue weighted by atomic mass is 16.4. The Hall–Kier alpha value is -1.94. The molecular weight excluding hydrogens is 158 g/mol. The first kappa shape index (κ1) is 12.7. The number of terminal acetylenes is 1. The number of carboxylic acids is 1. The highest BCUT2D eigenvalue weighted by Crippen LogP contribution is 1.65. The lowest BCUT2D eigenvalue weighted by Gasteiger charge is -1.67. The Morgan fingerprint density at radius 2 is 2.00 bits per heavy atom. The normalized spacial score (nSPS) is 6.00. The third-order valence-electron chi connectivity index (χ3n) is 0.514. The first-order valence-corrected chi connectivity index (χ1v) is 3.02. The van der Waals surface area contributed by atoms with Crippen molar-refractivity contribution in [2.45, 2.75) is 13.3 Å². The molecule has 4 nitrogen and oxygen atoms in total. The maximum Gasteiger partial charge on any atom is 0.381 e. The molecule has 0 rings (SSSR count). The minimum absolute atomic E-state index is 0.603. The molecule has 0 unspecified atom stereocenters. The van der Waals surface area contributed by atoms with Gasteiger partial charge in [0.1, 0.15) is 0 Å². The lowest BCUT2D eigenvalue weighted by molar-refractivity contribution is -0.130. The number of rotatable bonds is 0. The molecule has 12 heavy (non-hydrogen) atoms. The zero-order valence-electron chi connectivity index (χ0n) is 6.63. The summed E-state index contributed by atoms with van der Waals surface area (Å²) in [6.45, 7) is 1.80. The molecule has 0 saturated heterocycles. The summed E-state index contributed by atoms with van der Waals surface area (Å²) in [5, 5.41) is 7.87. The van der Waals surface area contributed by atoms with Crippen LogP contribution in [0.15, 0.2) is 0 Å². The van der Waals surface area contributed by atoms with Gasteiger partial charge in [-0.15, -0.1) is 6.42 Å². The van der Waals surface area contributed by atoms with Crippen molar-refractivity contribution in [3.63, 3.8) is 0 Å². The number of nitrogens with two attached hydrogens (primary N) is 1. The number of amides is 1. The van der Waals surface area contributed by atoms with E-state index in [1.165, 1.54) is 0 Å².